The van der Waals surface area contributed by atoms with Gasteiger partial charge in [0.1, 0.15) is 0 Å². The summed E-state index contributed by atoms with van der Waals surface area (Å²) in [5, 5.41) is 0. The van der Waals surface area contributed by atoms with Crippen LogP contribution in [0.4, 0.5) is 4.79 Å². The lowest BCUT2D eigenvalue weighted by Crippen LogP contribution is -2.42. The average molecular weight is 240 g/mol. The molecule has 0 aromatic rings. The molecule has 0 rings (SSSR count). The zero-order valence-corrected chi connectivity index (χ0v) is 9.76. The second-order valence-corrected chi connectivity index (χ2v) is 4.45. The number of carbonyl (C=O) groups excluding carboxylic acids is 1. The highest BCUT2D eigenvalue weighted by molar-refractivity contribution is 7.88. The van der Waals surface area contributed by atoms with Crippen LogP contribution in [0.2, 0.25) is 0 Å². The largest absolute Gasteiger partial charge is 0.446 e. The van der Waals surface area contributed by atoms with Gasteiger partial charge in [-0.25, -0.2) is 9.52 Å². The van der Waals surface area contributed by atoms with Crippen molar-refractivity contribution in [2.45, 2.75) is 20.0 Å². The average Bonchev–Trinajstić information content (AvgIpc) is 2.00. The van der Waals surface area contributed by atoms with E-state index in [1.165, 1.54) is 7.11 Å². The molecule has 0 unspecified atom stereocenters. The van der Waals surface area contributed by atoms with Gasteiger partial charge in [0.25, 0.3) is 0 Å². The zero-order valence-electron chi connectivity index (χ0n) is 8.94. The van der Waals surface area contributed by atoms with Crippen molar-refractivity contribution >= 4 is 16.3 Å². The Bertz CT molecular complexity index is 288. The lowest BCUT2D eigenvalue weighted by Gasteiger charge is -2.10. The summed E-state index contributed by atoms with van der Waals surface area (Å²) in [6.07, 6.45) is -1.38. The van der Waals surface area contributed by atoms with Crippen molar-refractivity contribution in [3.8, 4) is 0 Å². The van der Waals surface area contributed by atoms with Gasteiger partial charge >= 0.3 is 16.3 Å². The molecular formula is C7H16N2O5S. The van der Waals surface area contributed by atoms with E-state index < -0.39 is 16.3 Å². The fraction of sp³-hybridized carbons (Fsp3) is 0.857. The van der Waals surface area contributed by atoms with Crippen LogP contribution in [0.15, 0.2) is 0 Å². The molecule has 2 N–H and O–H groups in total. The van der Waals surface area contributed by atoms with Crippen LogP contribution in [-0.2, 0) is 19.7 Å². The molecule has 0 aliphatic heterocycles. The molecule has 0 saturated heterocycles. The first-order chi connectivity index (χ1) is 6.87. The van der Waals surface area contributed by atoms with Gasteiger partial charge in [0.05, 0.1) is 12.7 Å². The summed E-state index contributed by atoms with van der Waals surface area (Å²) in [4.78, 5) is 10.9. The molecule has 0 fully saturated rings. The standard InChI is InChI=1S/C7H16N2O5S/c1-6(2)14-7(10)9-15(11,12)8-4-5-13-3/h6,8H,4-5H2,1-3H3,(H,9,10). The summed E-state index contributed by atoms with van der Waals surface area (Å²) in [5.74, 6) is 0. The Hall–Kier alpha value is -0.860. The van der Waals surface area contributed by atoms with E-state index in [9.17, 15) is 13.2 Å². The van der Waals surface area contributed by atoms with Gasteiger partial charge in [0.2, 0.25) is 0 Å². The number of hydrogen-bond acceptors (Lipinski definition) is 5. The molecule has 0 spiro atoms. The lowest BCUT2D eigenvalue weighted by molar-refractivity contribution is 0.121. The van der Waals surface area contributed by atoms with Crippen molar-refractivity contribution in [3.63, 3.8) is 0 Å². The first-order valence-corrected chi connectivity index (χ1v) is 5.82. The summed E-state index contributed by atoms with van der Waals surface area (Å²) in [6, 6.07) is 0. The molecule has 0 aromatic heterocycles. The van der Waals surface area contributed by atoms with E-state index in [1.54, 1.807) is 18.6 Å². The Balaban J connectivity index is 3.97. The zero-order chi connectivity index (χ0) is 11.9. The third kappa shape index (κ3) is 8.16. The Kier molecular flexibility index (Phi) is 6.21. The molecule has 0 aliphatic rings. The van der Waals surface area contributed by atoms with Gasteiger partial charge in [-0.3, -0.25) is 0 Å². The van der Waals surface area contributed by atoms with Crippen LogP contribution in [0.5, 0.6) is 0 Å². The first-order valence-electron chi connectivity index (χ1n) is 4.34. The van der Waals surface area contributed by atoms with E-state index in [0.717, 1.165) is 0 Å². The number of amides is 1. The molecule has 0 bridgehead atoms. The normalized spacial score (nSPS) is 11.5. The molecule has 0 aliphatic carbocycles. The number of carbonyl (C=O) groups is 1. The molecule has 90 valence electrons. The van der Waals surface area contributed by atoms with Crippen LogP contribution in [-0.4, -0.2) is 40.9 Å². The van der Waals surface area contributed by atoms with E-state index in [4.69, 9.17) is 0 Å². The highest BCUT2D eigenvalue weighted by Gasteiger charge is 2.15. The van der Waals surface area contributed by atoms with E-state index >= 15 is 0 Å². The Morgan fingerprint density at radius 3 is 2.47 bits per heavy atom. The van der Waals surface area contributed by atoms with E-state index in [0.29, 0.717) is 0 Å². The van der Waals surface area contributed by atoms with Crippen molar-refractivity contribution in [2.75, 3.05) is 20.3 Å². The van der Waals surface area contributed by atoms with Crippen molar-refractivity contribution in [3.05, 3.63) is 0 Å². The van der Waals surface area contributed by atoms with Crippen molar-refractivity contribution in [1.82, 2.24) is 9.44 Å². The minimum atomic E-state index is -3.85. The Labute approximate surface area is 89.3 Å². The van der Waals surface area contributed by atoms with Gasteiger partial charge in [-0.05, 0) is 13.8 Å². The molecule has 8 heteroatoms. The van der Waals surface area contributed by atoms with Gasteiger partial charge in [-0.15, -0.1) is 0 Å². The smallest absolute Gasteiger partial charge is 0.422 e. The minimum Gasteiger partial charge on any atom is -0.446 e. The molecule has 0 heterocycles. The van der Waals surface area contributed by atoms with Crippen LogP contribution in [0, 0.1) is 0 Å². The highest BCUT2D eigenvalue weighted by atomic mass is 32.2. The number of rotatable bonds is 6. The molecule has 1 amide bonds. The van der Waals surface area contributed by atoms with Gasteiger partial charge in [0.15, 0.2) is 0 Å². The quantitative estimate of drug-likeness (QED) is 0.616. The second-order valence-electron chi connectivity index (χ2n) is 2.95. The highest BCUT2D eigenvalue weighted by Crippen LogP contribution is 1.89. The predicted molar refractivity (Wildman–Crippen MR) is 53.6 cm³/mol. The molecular weight excluding hydrogens is 224 g/mol. The third-order valence-electron chi connectivity index (χ3n) is 1.16. The fourth-order valence-corrected chi connectivity index (χ4v) is 1.35. The summed E-state index contributed by atoms with van der Waals surface area (Å²) >= 11 is 0. The molecule has 15 heavy (non-hydrogen) atoms. The van der Waals surface area contributed by atoms with Crippen LogP contribution in [0.3, 0.4) is 0 Å². The van der Waals surface area contributed by atoms with Gasteiger partial charge < -0.3 is 9.47 Å². The summed E-state index contributed by atoms with van der Waals surface area (Å²) in [5.41, 5.74) is 0. The summed E-state index contributed by atoms with van der Waals surface area (Å²) in [7, 11) is -2.41. The maximum Gasteiger partial charge on any atom is 0.422 e. The summed E-state index contributed by atoms with van der Waals surface area (Å²) in [6.45, 7) is 3.54. The maximum atomic E-state index is 11.1. The lowest BCUT2D eigenvalue weighted by atomic mass is 10.5. The van der Waals surface area contributed by atoms with Gasteiger partial charge in [-0.2, -0.15) is 13.1 Å². The fourth-order valence-electron chi connectivity index (χ4n) is 0.662. The monoisotopic (exact) mass is 240 g/mol. The van der Waals surface area contributed by atoms with Crippen molar-refractivity contribution in [1.29, 1.82) is 0 Å². The van der Waals surface area contributed by atoms with E-state index in [1.807, 2.05) is 0 Å². The molecule has 0 radical (unpaired) electrons. The number of methoxy groups -OCH3 is 1. The summed E-state index contributed by atoms with van der Waals surface area (Å²) < 4.78 is 35.3. The Morgan fingerprint density at radius 1 is 1.40 bits per heavy atom. The third-order valence-corrected chi connectivity index (χ3v) is 2.18. The van der Waals surface area contributed by atoms with Crippen molar-refractivity contribution < 1.29 is 22.7 Å². The molecule has 0 saturated carbocycles. The molecule has 7 nitrogen and oxygen atoms in total. The first kappa shape index (κ1) is 14.1. The van der Waals surface area contributed by atoms with Crippen molar-refractivity contribution in [2.24, 2.45) is 0 Å². The van der Waals surface area contributed by atoms with E-state index in [-0.39, 0.29) is 19.3 Å². The van der Waals surface area contributed by atoms with E-state index in [2.05, 4.69) is 14.2 Å². The maximum absolute atomic E-state index is 11.1. The molecule has 0 atom stereocenters. The van der Waals surface area contributed by atoms with Crippen LogP contribution < -0.4 is 9.44 Å². The van der Waals surface area contributed by atoms with Crippen LogP contribution >= 0.6 is 0 Å². The van der Waals surface area contributed by atoms with Crippen LogP contribution in [0.1, 0.15) is 13.8 Å². The minimum absolute atomic E-state index is 0.0841. The van der Waals surface area contributed by atoms with Gasteiger partial charge in [0, 0.05) is 13.7 Å². The van der Waals surface area contributed by atoms with Crippen LogP contribution in [0.25, 0.3) is 0 Å². The number of ether oxygens (including phenoxy) is 2. The predicted octanol–water partition coefficient (Wildman–Crippen LogP) is -0.398. The Morgan fingerprint density at radius 2 is 2.00 bits per heavy atom. The second kappa shape index (κ2) is 6.59. The number of nitrogens with one attached hydrogen (secondary N) is 2. The van der Waals surface area contributed by atoms with Gasteiger partial charge in [-0.1, -0.05) is 0 Å². The number of hydrogen-bond donors (Lipinski definition) is 2. The molecule has 0 aromatic carbocycles. The SMILES string of the molecule is COCCNS(=O)(=O)NC(=O)OC(C)C. The topological polar surface area (TPSA) is 93.7 Å².